The molecule has 0 aliphatic heterocycles. The number of nitrogens with one attached hydrogen (secondary N) is 2. The molecule has 0 bridgehead atoms. The number of methoxy groups -OCH3 is 1. The molecule has 0 aliphatic carbocycles. The lowest BCUT2D eigenvalue weighted by molar-refractivity contribution is -0.137. The van der Waals surface area contributed by atoms with E-state index < -0.39 is 11.7 Å². The number of H-pyrrole nitrogens is 1. The first-order valence-corrected chi connectivity index (χ1v) is 6.30. The maximum Gasteiger partial charge on any atom is 0.288 e. The van der Waals surface area contributed by atoms with Crippen LogP contribution in [-0.4, -0.2) is 36.9 Å². The molecule has 0 unspecified atom stereocenters. The number of aromatic amines is 1. The topological polar surface area (TPSA) is 97.2 Å². The third kappa shape index (κ3) is 2.97. The lowest BCUT2D eigenvalue weighted by Gasteiger charge is -2.03. The van der Waals surface area contributed by atoms with Crippen LogP contribution in [0.2, 0.25) is 0 Å². The highest BCUT2D eigenvalue weighted by Gasteiger charge is 2.11. The van der Waals surface area contributed by atoms with Crippen molar-refractivity contribution in [2.75, 3.05) is 20.2 Å². The molecule has 1 aromatic carbocycles. The first kappa shape index (κ1) is 14.1. The van der Waals surface area contributed by atoms with E-state index in [-0.39, 0.29) is 6.54 Å². The monoisotopic (exact) mass is 275 g/mol. The predicted octanol–water partition coefficient (Wildman–Crippen LogP) is 0.363. The SMILES string of the molecule is COc1ccc2c(CCNC(=O)C(=O)CN)c[nH]c2c1. The fourth-order valence-corrected chi connectivity index (χ4v) is 2.00. The van der Waals surface area contributed by atoms with Crippen LogP contribution in [0.15, 0.2) is 24.4 Å². The molecule has 20 heavy (non-hydrogen) atoms. The van der Waals surface area contributed by atoms with Crippen molar-refractivity contribution in [3.05, 3.63) is 30.0 Å². The van der Waals surface area contributed by atoms with Crippen LogP contribution < -0.4 is 15.8 Å². The Morgan fingerprint density at radius 1 is 1.40 bits per heavy atom. The molecule has 6 nitrogen and oxygen atoms in total. The van der Waals surface area contributed by atoms with Crippen LogP contribution in [0.4, 0.5) is 0 Å². The van der Waals surface area contributed by atoms with Crippen LogP contribution in [0.1, 0.15) is 5.56 Å². The second kappa shape index (κ2) is 6.21. The zero-order chi connectivity index (χ0) is 14.5. The Bertz CT molecular complexity index is 634. The molecule has 0 atom stereocenters. The Morgan fingerprint density at radius 2 is 2.20 bits per heavy atom. The summed E-state index contributed by atoms with van der Waals surface area (Å²) in [6.07, 6.45) is 2.52. The largest absolute Gasteiger partial charge is 0.497 e. The van der Waals surface area contributed by atoms with Gasteiger partial charge >= 0.3 is 0 Å². The standard InChI is InChI=1S/C14H17N3O3/c1-20-10-2-3-11-9(8-17-12(11)6-10)4-5-16-14(19)13(18)7-15/h2-3,6,8,17H,4-5,7,15H2,1H3,(H,16,19). The minimum atomic E-state index is -0.631. The molecule has 0 spiro atoms. The molecule has 0 radical (unpaired) electrons. The van der Waals surface area contributed by atoms with E-state index in [0.717, 1.165) is 22.2 Å². The van der Waals surface area contributed by atoms with Crippen LogP contribution in [0.25, 0.3) is 10.9 Å². The summed E-state index contributed by atoms with van der Waals surface area (Å²) in [7, 11) is 1.62. The lowest BCUT2D eigenvalue weighted by atomic mass is 10.1. The summed E-state index contributed by atoms with van der Waals surface area (Å²) < 4.78 is 5.16. The molecule has 6 heteroatoms. The zero-order valence-electron chi connectivity index (χ0n) is 11.2. The number of rotatable bonds is 6. The van der Waals surface area contributed by atoms with Gasteiger partial charge in [-0.3, -0.25) is 9.59 Å². The number of benzene rings is 1. The van der Waals surface area contributed by atoms with E-state index in [2.05, 4.69) is 10.3 Å². The van der Waals surface area contributed by atoms with Crippen molar-refractivity contribution in [3.63, 3.8) is 0 Å². The van der Waals surface area contributed by atoms with Gasteiger partial charge in [0.25, 0.3) is 5.91 Å². The van der Waals surface area contributed by atoms with E-state index in [1.165, 1.54) is 0 Å². The quantitative estimate of drug-likeness (QED) is 0.663. The van der Waals surface area contributed by atoms with Crippen LogP contribution in [-0.2, 0) is 16.0 Å². The van der Waals surface area contributed by atoms with E-state index in [0.29, 0.717) is 13.0 Å². The van der Waals surface area contributed by atoms with Crippen molar-refractivity contribution in [2.45, 2.75) is 6.42 Å². The average Bonchev–Trinajstić information content (AvgIpc) is 2.88. The van der Waals surface area contributed by atoms with E-state index in [9.17, 15) is 9.59 Å². The highest BCUT2D eigenvalue weighted by atomic mass is 16.5. The average molecular weight is 275 g/mol. The highest BCUT2D eigenvalue weighted by Crippen LogP contribution is 2.23. The zero-order valence-corrected chi connectivity index (χ0v) is 11.2. The second-order valence-electron chi connectivity index (χ2n) is 4.36. The molecule has 1 heterocycles. The molecule has 0 aliphatic rings. The number of ether oxygens (including phenoxy) is 1. The Balaban J connectivity index is 2.00. The van der Waals surface area contributed by atoms with Gasteiger partial charge in [-0.1, -0.05) is 0 Å². The van der Waals surface area contributed by atoms with Crippen molar-refractivity contribution in [1.82, 2.24) is 10.3 Å². The molecule has 1 aromatic heterocycles. The first-order chi connectivity index (χ1) is 9.65. The van der Waals surface area contributed by atoms with Gasteiger partial charge in [-0.15, -0.1) is 0 Å². The fraction of sp³-hybridized carbons (Fsp3) is 0.286. The van der Waals surface area contributed by atoms with Gasteiger partial charge in [0.2, 0.25) is 5.78 Å². The van der Waals surface area contributed by atoms with Crippen LogP contribution in [0.3, 0.4) is 0 Å². The number of nitrogens with two attached hydrogens (primary N) is 1. The predicted molar refractivity (Wildman–Crippen MR) is 75.6 cm³/mol. The molecule has 0 saturated carbocycles. The summed E-state index contributed by atoms with van der Waals surface area (Å²) in [6, 6.07) is 5.76. The summed E-state index contributed by atoms with van der Waals surface area (Å²) in [5.41, 5.74) is 7.16. The third-order valence-electron chi connectivity index (χ3n) is 3.09. The first-order valence-electron chi connectivity index (χ1n) is 6.30. The Labute approximate surface area is 116 Å². The Kier molecular flexibility index (Phi) is 4.37. The molecule has 4 N–H and O–H groups in total. The van der Waals surface area contributed by atoms with Gasteiger partial charge in [0.1, 0.15) is 5.75 Å². The smallest absolute Gasteiger partial charge is 0.288 e. The van der Waals surface area contributed by atoms with Crippen LogP contribution in [0, 0.1) is 0 Å². The van der Waals surface area contributed by atoms with Crippen molar-refractivity contribution < 1.29 is 14.3 Å². The van der Waals surface area contributed by atoms with E-state index >= 15 is 0 Å². The highest BCUT2D eigenvalue weighted by molar-refractivity contribution is 6.36. The van der Waals surface area contributed by atoms with Crippen molar-refractivity contribution in [1.29, 1.82) is 0 Å². The Morgan fingerprint density at radius 3 is 2.90 bits per heavy atom. The van der Waals surface area contributed by atoms with Gasteiger partial charge in [0.15, 0.2) is 0 Å². The van der Waals surface area contributed by atoms with Gasteiger partial charge in [-0.25, -0.2) is 0 Å². The number of hydrogen-bond donors (Lipinski definition) is 3. The third-order valence-corrected chi connectivity index (χ3v) is 3.09. The summed E-state index contributed by atoms with van der Waals surface area (Å²) >= 11 is 0. The number of Topliss-reactive ketones (excluding diaryl/α,β-unsaturated/α-hetero) is 1. The maximum absolute atomic E-state index is 11.3. The van der Waals surface area contributed by atoms with Gasteiger partial charge in [0.05, 0.1) is 13.7 Å². The van der Waals surface area contributed by atoms with Gasteiger partial charge in [-0.2, -0.15) is 0 Å². The number of amides is 1. The summed E-state index contributed by atoms with van der Waals surface area (Å²) in [6.45, 7) is 0.127. The minimum absolute atomic E-state index is 0.265. The van der Waals surface area contributed by atoms with Gasteiger partial charge < -0.3 is 20.8 Å². The van der Waals surface area contributed by atoms with Gasteiger partial charge in [-0.05, 0) is 24.1 Å². The molecule has 1 amide bonds. The Hall–Kier alpha value is -2.34. The lowest BCUT2D eigenvalue weighted by Crippen LogP contribution is -2.36. The van der Waals surface area contributed by atoms with Crippen molar-refractivity contribution >= 4 is 22.6 Å². The molecule has 2 aromatic rings. The number of fused-ring (bicyclic) bond motifs is 1. The molecule has 0 fully saturated rings. The molecule has 2 rings (SSSR count). The van der Waals surface area contributed by atoms with Crippen molar-refractivity contribution in [2.24, 2.45) is 5.73 Å². The molecular weight excluding hydrogens is 258 g/mol. The number of carbonyl (C=O) groups excluding carboxylic acids is 2. The van der Waals surface area contributed by atoms with Crippen LogP contribution in [0.5, 0.6) is 5.75 Å². The van der Waals surface area contributed by atoms with E-state index in [4.69, 9.17) is 10.5 Å². The minimum Gasteiger partial charge on any atom is -0.497 e. The number of ketones is 1. The van der Waals surface area contributed by atoms with E-state index in [1.54, 1.807) is 7.11 Å². The van der Waals surface area contributed by atoms with Crippen molar-refractivity contribution in [3.8, 4) is 5.75 Å². The van der Waals surface area contributed by atoms with Gasteiger partial charge in [0, 0.05) is 29.7 Å². The normalized spacial score (nSPS) is 10.5. The second-order valence-corrected chi connectivity index (χ2v) is 4.36. The van der Waals surface area contributed by atoms with E-state index in [1.807, 2.05) is 24.4 Å². The van der Waals surface area contributed by atoms with Crippen LogP contribution >= 0.6 is 0 Å². The fourth-order valence-electron chi connectivity index (χ4n) is 2.00. The maximum atomic E-state index is 11.3. The summed E-state index contributed by atoms with van der Waals surface area (Å²) in [5, 5.41) is 3.63. The molecular formula is C14H17N3O3. The molecule has 0 saturated heterocycles. The number of aromatic nitrogens is 1. The summed E-state index contributed by atoms with van der Waals surface area (Å²) in [4.78, 5) is 25.5. The number of hydrogen-bond acceptors (Lipinski definition) is 4. The summed E-state index contributed by atoms with van der Waals surface area (Å²) in [5.74, 6) is -0.449. The molecule has 106 valence electrons. The number of carbonyl (C=O) groups is 2.